The summed E-state index contributed by atoms with van der Waals surface area (Å²) in [5, 5.41) is 4.39. The molecule has 5 rings (SSSR count). The van der Waals surface area contributed by atoms with Gasteiger partial charge in [0.25, 0.3) is 0 Å². The van der Waals surface area contributed by atoms with Crippen LogP contribution in [0.1, 0.15) is 11.1 Å². The topological polar surface area (TPSA) is 38.7 Å². The fourth-order valence-corrected chi connectivity index (χ4v) is 5.05. The van der Waals surface area contributed by atoms with E-state index >= 15 is 0 Å². The minimum atomic E-state index is -3.30. The van der Waals surface area contributed by atoms with Crippen LogP contribution in [0.15, 0.2) is 60.7 Å². The van der Waals surface area contributed by atoms with E-state index < -0.39 is 7.57 Å². The molecule has 0 bridgehead atoms. The van der Waals surface area contributed by atoms with Crippen LogP contribution in [-0.4, -0.2) is 11.2 Å². The van der Waals surface area contributed by atoms with Gasteiger partial charge >= 0.3 is 7.57 Å². The summed E-state index contributed by atoms with van der Waals surface area (Å²) in [6.45, 7) is 3.99. The molecule has 0 saturated heterocycles. The smallest absolute Gasteiger partial charge is 0.353 e. The summed E-state index contributed by atoms with van der Waals surface area (Å²) in [6.07, 6.45) is 3.85. The largest absolute Gasteiger partial charge is 0.423 e. The Morgan fingerprint density at radius 2 is 1.15 bits per heavy atom. The number of hydrogen-bond acceptors (Lipinski definition) is 3. The number of hydrogen-bond donors (Lipinski definition) is 1. The molecular weight excluding hydrogens is 355 g/mol. The molecule has 4 heteroatoms. The van der Waals surface area contributed by atoms with Crippen molar-refractivity contribution in [3.8, 4) is 22.6 Å². The highest BCUT2D eigenvalue weighted by Crippen LogP contribution is 2.58. The van der Waals surface area contributed by atoms with Crippen LogP contribution in [0, 0.1) is 13.8 Å². The lowest BCUT2D eigenvalue weighted by Gasteiger charge is -2.19. The van der Waals surface area contributed by atoms with E-state index in [1.807, 2.05) is 38.1 Å². The van der Waals surface area contributed by atoms with Crippen molar-refractivity contribution in [1.29, 1.82) is 0 Å². The highest BCUT2D eigenvalue weighted by molar-refractivity contribution is 7.59. The quantitative estimate of drug-likeness (QED) is 0.371. The normalized spacial score (nSPS) is 14.8. The van der Waals surface area contributed by atoms with Crippen LogP contribution in [0.4, 0.5) is 0 Å². The Balaban J connectivity index is 2.08. The van der Waals surface area contributed by atoms with Gasteiger partial charge in [0.15, 0.2) is 0 Å². The lowest BCUT2D eigenvalue weighted by Crippen LogP contribution is -2.00. The molecule has 0 fully saturated rings. The molecule has 27 heavy (non-hydrogen) atoms. The number of benzene rings is 4. The van der Waals surface area contributed by atoms with Gasteiger partial charge in [0, 0.05) is 17.4 Å². The highest BCUT2D eigenvalue weighted by Gasteiger charge is 2.31. The van der Waals surface area contributed by atoms with Crippen LogP contribution in [0.3, 0.4) is 0 Å². The van der Waals surface area contributed by atoms with Crippen LogP contribution in [-0.2, 0) is 0 Å². The van der Waals surface area contributed by atoms with E-state index in [-0.39, 0.29) is 0 Å². The van der Waals surface area contributed by atoms with Crippen LogP contribution in [0.2, 0.25) is 0 Å². The van der Waals surface area contributed by atoms with Crippen molar-refractivity contribution in [2.45, 2.75) is 13.8 Å². The lowest BCUT2D eigenvalue weighted by atomic mass is 9.89. The number of rotatable bonds is 0. The van der Waals surface area contributed by atoms with Gasteiger partial charge in [-0.05, 0) is 58.7 Å². The summed E-state index contributed by atoms with van der Waals surface area (Å²) in [5.41, 5.74) is 3.82. The average Bonchev–Trinajstić information content (AvgIpc) is 2.76. The summed E-state index contributed by atoms with van der Waals surface area (Å²) in [4.78, 5) is 10.8. The van der Waals surface area contributed by atoms with Crippen LogP contribution < -0.4 is 9.05 Å². The highest BCUT2D eigenvalue weighted by atomic mass is 31.2. The van der Waals surface area contributed by atoms with E-state index in [0.29, 0.717) is 11.5 Å². The van der Waals surface area contributed by atoms with Crippen molar-refractivity contribution >= 4 is 35.4 Å². The van der Waals surface area contributed by atoms with E-state index in [1.165, 1.54) is 0 Å². The summed E-state index contributed by atoms with van der Waals surface area (Å²) < 4.78 is 12.0. The zero-order valence-corrected chi connectivity index (χ0v) is 16.1. The standard InChI is InChI=1S/C23H19O3P/c1-14-12-16-8-4-6-10-18(16)20-21-19-11-7-5-9-17(19)13-15(2)23(21)26-27(3,24)25-22(14)20/h4-13,24H,3H2,1-2H3. The van der Waals surface area contributed by atoms with Gasteiger partial charge in [0.2, 0.25) is 0 Å². The zero-order valence-electron chi connectivity index (χ0n) is 15.2. The van der Waals surface area contributed by atoms with Gasteiger partial charge in [0.1, 0.15) is 11.5 Å². The van der Waals surface area contributed by atoms with Gasteiger partial charge in [-0.15, -0.1) is 0 Å². The minimum absolute atomic E-state index is 0.647. The molecule has 1 aliphatic rings. The molecule has 0 aromatic heterocycles. The predicted octanol–water partition coefficient (Wildman–Crippen LogP) is 6.23. The van der Waals surface area contributed by atoms with Crippen molar-refractivity contribution in [3.05, 3.63) is 71.8 Å². The first-order valence-corrected chi connectivity index (χ1v) is 10.6. The molecule has 1 N–H and O–H groups in total. The maximum Gasteiger partial charge on any atom is 0.353 e. The van der Waals surface area contributed by atoms with Gasteiger partial charge in [-0.1, -0.05) is 48.5 Å². The van der Waals surface area contributed by atoms with Crippen molar-refractivity contribution in [3.63, 3.8) is 0 Å². The zero-order chi connectivity index (χ0) is 18.8. The molecule has 4 aromatic rings. The van der Waals surface area contributed by atoms with Crippen LogP contribution >= 0.6 is 7.57 Å². The monoisotopic (exact) mass is 374 g/mol. The molecule has 0 saturated carbocycles. The third-order valence-electron chi connectivity index (χ3n) is 5.09. The van der Waals surface area contributed by atoms with Crippen LogP contribution in [0.25, 0.3) is 32.7 Å². The minimum Gasteiger partial charge on any atom is -0.423 e. The van der Waals surface area contributed by atoms with Crippen molar-refractivity contribution in [1.82, 2.24) is 0 Å². The van der Waals surface area contributed by atoms with Crippen molar-refractivity contribution < 1.29 is 13.9 Å². The Kier molecular flexibility index (Phi) is 3.42. The molecule has 3 nitrogen and oxygen atoms in total. The number of fused-ring (bicyclic) bond motifs is 7. The van der Waals surface area contributed by atoms with Crippen molar-refractivity contribution in [2.75, 3.05) is 0 Å². The Labute approximate surface area is 158 Å². The predicted molar refractivity (Wildman–Crippen MR) is 114 cm³/mol. The summed E-state index contributed by atoms with van der Waals surface area (Å²) in [7, 11) is -3.30. The van der Waals surface area contributed by atoms with Crippen molar-refractivity contribution in [2.24, 2.45) is 0 Å². The van der Waals surface area contributed by atoms with E-state index in [1.54, 1.807) is 0 Å². The molecule has 134 valence electrons. The average molecular weight is 374 g/mol. The van der Waals surface area contributed by atoms with E-state index in [2.05, 4.69) is 42.7 Å². The molecule has 0 aliphatic carbocycles. The third-order valence-corrected chi connectivity index (χ3v) is 6.03. The van der Waals surface area contributed by atoms with E-state index in [4.69, 9.17) is 9.05 Å². The fourth-order valence-electron chi connectivity index (χ4n) is 3.97. The molecule has 4 aromatic carbocycles. The Hall–Kier alpha value is -2.74. The fraction of sp³-hybridized carbons (Fsp3) is 0.0870. The molecule has 0 atom stereocenters. The second-order valence-corrected chi connectivity index (χ2v) is 8.70. The number of aryl methyl sites for hydroxylation is 2. The van der Waals surface area contributed by atoms with Gasteiger partial charge in [0.05, 0.1) is 0 Å². The Morgan fingerprint density at radius 3 is 1.59 bits per heavy atom. The first-order valence-electron chi connectivity index (χ1n) is 8.85. The first-order chi connectivity index (χ1) is 12.9. The second-order valence-electron chi connectivity index (χ2n) is 7.06. The first kappa shape index (κ1) is 16.4. The molecule has 0 radical (unpaired) electrons. The molecule has 0 spiro atoms. The molecule has 0 amide bonds. The van der Waals surface area contributed by atoms with E-state index in [9.17, 15) is 4.89 Å². The summed E-state index contributed by atoms with van der Waals surface area (Å²) in [6, 6.07) is 20.6. The SMILES string of the molecule is C=P1(O)Oc2c(C)cc3ccccc3c2-c2c(c(C)cc3ccccc23)O1. The molecular formula is C23H19O3P. The lowest BCUT2D eigenvalue weighted by molar-refractivity contribution is 0.379. The van der Waals surface area contributed by atoms with E-state index in [0.717, 1.165) is 43.8 Å². The van der Waals surface area contributed by atoms with Gasteiger partial charge < -0.3 is 13.9 Å². The Bertz CT molecular complexity index is 1190. The maximum absolute atomic E-state index is 10.8. The van der Waals surface area contributed by atoms with Gasteiger partial charge in [-0.3, -0.25) is 0 Å². The maximum atomic E-state index is 10.8. The van der Waals surface area contributed by atoms with Gasteiger partial charge in [-0.25, -0.2) is 0 Å². The third kappa shape index (κ3) is 2.47. The Morgan fingerprint density at radius 1 is 0.741 bits per heavy atom. The van der Waals surface area contributed by atoms with Crippen LogP contribution in [0.5, 0.6) is 11.5 Å². The second kappa shape index (κ2) is 5.63. The molecule has 1 aliphatic heterocycles. The summed E-state index contributed by atoms with van der Waals surface area (Å²) >= 11 is 0. The van der Waals surface area contributed by atoms with Gasteiger partial charge in [-0.2, -0.15) is 0 Å². The molecule has 0 unspecified atom stereocenters. The summed E-state index contributed by atoms with van der Waals surface area (Å²) in [5.74, 6) is 1.29. The molecule has 1 heterocycles.